The first-order valence-electron chi connectivity index (χ1n) is 11.3. The van der Waals surface area contributed by atoms with Crippen LogP contribution in [0.3, 0.4) is 0 Å². The van der Waals surface area contributed by atoms with Gasteiger partial charge in [-0.2, -0.15) is 5.10 Å². The monoisotopic (exact) mass is 544 g/mol. The van der Waals surface area contributed by atoms with E-state index in [1.54, 1.807) is 76.1 Å². The average molecular weight is 545 g/mol. The van der Waals surface area contributed by atoms with Crippen LogP contribution in [0, 0.1) is 0 Å². The Morgan fingerprint density at radius 3 is 2.57 bits per heavy atom. The number of nitrogens with zero attached hydrogens (tertiary/aromatic N) is 4. The number of sulfonamides is 1. The van der Waals surface area contributed by atoms with Crippen LogP contribution < -0.4 is 14.9 Å². The van der Waals surface area contributed by atoms with Gasteiger partial charge in [0.1, 0.15) is 0 Å². The van der Waals surface area contributed by atoms with Crippen LogP contribution in [-0.4, -0.2) is 66.3 Å². The molecule has 1 aliphatic rings. The fourth-order valence-corrected chi connectivity index (χ4v) is 4.80. The molecular formula is C24H25ClN6O5S. The summed E-state index contributed by atoms with van der Waals surface area (Å²) in [6, 6.07) is 13.0. The number of amides is 4. The lowest BCUT2D eigenvalue weighted by molar-refractivity contribution is -0.118. The molecule has 3 aromatic rings. The highest BCUT2D eigenvalue weighted by atomic mass is 35.5. The van der Waals surface area contributed by atoms with E-state index in [0.717, 1.165) is 11.8 Å². The number of carbonyl (C=O) groups excluding carboxylic acids is 3. The number of hydrogen-bond donors (Lipinski definition) is 2. The van der Waals surface area contributed by atoms with Crippen LogP contribution in [0.4, 0.5) is 10.5 Å². The number of benzene rings is 2. The molecule has 4 amide bonds. The van der Waals surface area contributed by atoms with Crippen molar-refractivity contribution in [2.75, 3.05) is 24.2 Å². The molecule has 2 N–H and O–H groups in total. The van der Waals surface area contributed by atoms with Crippen molar-refractivity contribution in [1.29, 1.82) is 0 Å². The maximum Gasteiger partial charge on any atom is 0.318 e. The summed E-state index contributed by atoms with van der Waals surface area (Å²) >= 11 is 6.52. The van der Waals surface area contributed by atoms with Gasteiger partial charge in [0.25, 0.3) is 11.8 Å². The van der Waals surface area contributed by atoms with Crippen LogP contribution in [-0.2, 0) is 21.4 Å². The lowest BCUT2D eigenvalue weighted by atomic mass is 10.1. The van der Waals surface area contributed by atoms with E-state index in [1.807, 2.05) is 6.07 Å². The van der Waals surface area contributed by atoms with Gasteiger partial charge in [-0.05, 0) is 42.8 Å². The number of nitrogens with one attached hydrogen (secondary N) is 2. The number of para-hydroxylation sites is 1. The van der Waals surface area contributed by atoms with Crippen molar-refractivity contribution in [1.82, 2.24) is 24.7 Å². The van der Waals surface area contributed by atoms with Crippen LogP contribution in [0.15, 0.2) is 60.9 Å². The van der Waals surface area contributed by atoms with E-state index in [2.05, 4.69) is 10.4 Å². The lowest BCUT2D eigenvalue weighted by Crippen LogP contribution is -2.50. The van der Waals surface area contributed by atoms with Crippen LogP contribution in [0.25, 0.3) is 5.69 Å². The van der Waals surface area contributed by atoms with Crippen molar-refractivity contribution in [3.8, 4) is 5.69 Å². The first-order valence-corrected chi connectivity index (χ1v) is 13.5. The van der Waals surface area contributed by atoms with Crippen molar-refractivity contribution in [3.05, 3.63) is 77.1 Å². The van der Waals surface area contributed by atoms with Gasteiger partial charge in [-0.15, -0.1) is 0 Å². The third kappa shape index (κ3) is 6.09. The second-order valence-electron chi connectivity index (χ2n) is 8.59. The van der Waals surface area contributed by atoms with E-state index in [-0.39, 0.29) is 24.0 Å². The number of halogens is 1. The molecule has 194 valence electrons. The number of fused-ring (bicyclic) bond motifs is 1. The summed E-state index contributed by atoms with van der Waals surface area (Å²) in [5.41, 5.74) is 2.37. The van der Waals surface area contributed by atoms with Crippen LogP contribution in [0.5, 0.6) is 0 Å². The van der Waals surface area contributed by atoms with Gasteiger partial charge in [-0.3, -0.25) is 14.3 Å². The summed E-state index contributed by atoms with van der Waals surface area (Å²) < 4.78 is 25.9. The maximum absolute atomic E-state index is 13.7. The predicted octanol–water partition coefficient (Wildman–Crippen LogP) is 2.16. The summed E-state index contributed by atoms with van der Waals surface area (Å²) in [7, 11) is -3.74. The van der Waals surface area contributed by atoms with Gasteiger partial charge in [0.2, 0.25) is 10.0 Å². The van der Waals surface area contributed by atoms with E-state index in [0.29, 0.717) is 16.9 Å². The summed E-state index contributed by atoms with van der Waals surface area (Å²) in [5, 5.41) is 6.89. The molecule has 0 aliphatic carbocycles. The fraction of sp³-hybridized carbons (Fsp3) is 0.250. The topological polar surface area (TPSA) is 134 Å². The Balaban J connectivity index is 1.56. The van der Waals surface area contributed by atoms with Crippen molar-refractivity contribution in [3.63, 3.8) is 0 Å². The number of hydrogen-bond acceptors (Lipinski definition) is 6. The molecule has 13 heteroatoms. The molecule has 0 radical (unpaired) electrons. The number of urea groups is 1. The molecule has 2 heterocycles. The first kappa shape index (κ1) is 26.2. The average Bonchev–Trinajstić information content (AvgIpc) is 3.33. The Hall–Kier alpha value is -3.90. The molecule has 11 nitrogen and oxygen atoms in total. The third-order valence-electron chi connectivity index (χ3n) is 5.76. The summed E-state index contributed by atoms with van der Waals surface area (Å²) in [4.78, 5) is 41.5. The minimum Gasteiger partial charge on any atom is -0.329 e. The van der Waals surface area contributed by atoms with Gasteiger partial charge in [0.05, 0.1) is 29.1 Å². The number of anilines is 1. The molecule has 0 saturated carbocycles. The summed E-state index contributed by atoms with van der Waals surface area (Å²) in [5.74, 6) is -1.19. The predicted molar refractivity (Wildman–Crippen MR) is 138 cm³/mol. The third-order valence-corrected chi connectivity index (χ3v) is 6.67. The van der Waals surface area contributed by atoms with Gasteiger partial charge < -0.3 is 15.1 Å². The van der Waals surface area contributed by atoms with Gasteiger partial charge in [0.15, 0.2) is 0 Å². The van der Waals surface area contributed by atoms with Gasteiger partial charge in [0, 0.05) is 37.2 Å². The zero-order valence-electron chi connectivity index (χ0n) is 20.1. The Morgan fingerprint density at radius 1 is 1.14 bits per heavy atom. The van der Waals surface area contributed by atoms with Gasteiger partial charge in [-0.1, -0.05) is 29.8 Å². The van der Waals surface area contributed by atoms with E-state index in [4.69, 9.17) is 11.6 Å². The SMILES string of the molecule is C[C@@H]1CN(C(=O)c2ccc(-n3cccn3)cc2Cl)c2ccccc2CN1C(=O)NCC(=O)NS(C)(=O)=O. The minimum absolute atomic E-state index is 0.163. The molecule has 0 spiro atoms. The van der Waals surface area contributed by atoms with Gasteiger partial charge >= 0.3 is 6.03 Å². The van der Waals surface area contributed by atoms with Crippen LogP contribution in [0.1, 0.15) is 22.8 Å². The largest absolute Gasteiger partial charge is 0.329 e. The van der Waals surface area contributed by atoms with Crippen LogP contribution in [0.2, 0.25) is 5.02 Å². The van der Waals surface area contributed by atoms with Crippen molar-refractivity contribution in [2.45, 2.75) is 19.5 Å². The van der Waals surface area contributed by atoms with E-state index in [1.165, 1.54) is 4.90 Å². The molecule has 1 atom stereocenters. The number of carbonyl (C=O) groups is 3. The van der Waals surface area contributed by atoms with Crippen LogP contribution >= 0.6 is 11.6 Å². The summed E-state index contributed by atoms with van der Waals surface area (Å²) in [6.45, 7) is 1.60. The Kier molecular flexibility index (Phi) is 7.50. The highest BCUT2D eigenvalue weighted by Gasteiger charge is 2.32. The molecule has 1 aromatic heterocycles. The normalized spacial score (nSPS) is 15.5. The molecule has 0 bridgehead atoms. The molecule has 37 heavy (non-hydrogen) atoms. The van der Waals surface area contributed by atoms with E-state index < -0.39 is 34.5 Å². The van der Waals surface area contributed by atoms with E-state index in [9.17, 15) is 22.8 Å². The molecule has 0 saturated heterocycles. The minimum atomic E-state index is -3.74. The molecule has 0 fully saturated rings. The molecule has 0 unspecified atom stereocenters. The molecular weight excluding hydrogens is 520 g/mol. The fourth-order valence-electron chi connectivity index (χ4n) is 4.06. The standard InChI is InChI=1S/C24H25ClN6O5S/c1-16-14-30(23(33)19-9-8-18(12-20(19)25)31-11-5-10-27-31)21-7-4-3-6-17(21)15-29(16)24(34)26-13-22(32)28-37(2,35)36/h3-12,16H,13-15H2,1-2H3,(H,26,34)(H,28,32)/t16-/m1/s1. The highest BCUT2D eigenvalue weighted by molar-refractivity contribution is 7.89. The Bertz CT molecular complexity index is 1440. The number of rotatable bonds is 5. The zero-order chi connectivity index (χ0) is 26.7. The number of aromatic nitrogens is 2. The Labute approximate surface area is 219 Å². The van der Waals surface area contributed by atoms with Gasteiger partial charge in [-0.25, -0.2) is 17.9 Å². The first-order chi connectivity index (χ1) is 17.5. The van der Waals surface area contributed by atoms with Crippen molar-refractivity contribution in [2.24, 2.45) is 0 Å². The Morgan fingerprint density at radius 2 is 1.89 bits per heavy atom. The van der Waals surface area contributed by atoms with Crippen molar-refractivity contribution < 1.29 is 22.8 Å². The second kappa shape index (κ2) is 10.6. The highest BCUT2D eigenvalue weighted by Crippen LogP contribution is 2.30. The second-order valence-corrected chi connectivity index (χ2v) is 10.7. The lowest BCUT2D eigenvalue weighted by Gasteiger charge is -2.29. The maximum atomic E-state index is 13.7. The van der Waals surface area contributed by atoms with E-state index >= 15 is 0 Å². The summed E-state index contributed by atoms with van der Waals surface area (Å²) in [6.07, 6.45) is 4.26. The molecule has 1 aliphatic heterocycles. The smallest absolute Gasteiger partial charge is 0.318 e. The zero-order valence-corrected chi connectivity index (χ0v) is 21.7. The molecule has 4 rings (SSSR count). The molecule has 2 aromatic carbocycles. The van der Waals surface area contributed by atoms with Crippen molar-refractivity contribution >= 4 is 45.2 Å². The quantitative estimate of drug-likeness (QED) is 0.505.